The summed E-state index contributed by atoms with van der Waals surface area (Å²) in [5.41, 5.74) is 0.799. The van der Waals surface area contributed by atoms with Gasteiger partial charge >= 0.3 is 5.68 Å². The average Bonchev–Trinajstić information content (AvgIpc) is 1.85. The van der Waals surface area contributed by atoms with E-state index in [1.807, 2.05) is 17.1 Å². The van der Waals surface area contributed by atoms with E-state index in [2.05, 4.69) is 19.9 Å². The van der Waals surface area contributed by atoms with Gasteiger partial charge in [0.25, 0.3) is 0 Å². The van der Waals surface area contributed by atoms with Gasteiger partial charge in [-0.15, -0.1) is 22.9 Å². The molecule has 1 aliphatic heterocycles. The standard InChI is InChI=1S/C7H10BCl2N/c1-6-3-4-11(8(9)10)7(2)5-6/h3-5,7H,1-2H3. The van der Waals surface area contributed by atoms with Crippen LogP contribution in [0.5, 0.6) is 0 Å². The highest BCUT2D eigenvalue weighted by Crippen LogP contribution is 2.17. The molecule has 1 heterocycles. The molecule has 11 heavy (non-hydrogen) atoms. The number of hydrogen-bond donors (Lipinski definition) is 0. The maximum atomic E-state index is 5.71. The molecule has 0 saturated carbocycles. The monoisotopic (exact) mass is 189 g/mol. The molecular weight excluding hydrogens is 180 g/mol. The Bertz CT molecular complexity index is 201. The van der Waals surface area contributed by atoms with Crippen LogP contribution in [-0.4, -0.2) is 16.5 Å². The Hall–Kier alpha value is -0.0751. The van der Waals surface area contributed by atoms with Crippen LogP contribution in [0.15, 0.2) is 23.9 Å². The Morgan fingerprint density at radius 3 is 2.64 bits per heavy atom. The van der Waals surface area contributed by atoms with Crippen molar-refractivity contribution in [1.82, 2.24) is 4.81 Å². The van der Waals surface area contributed by atoms with E-state index < -0.39 is 5.68 Å². The van der Waals surface area contributed by atoms with Crippen LogP contribution in [0.2, 0.25) is 0 Å². The molecular formula is C7H10BCl2N. The molecule has 0 radical (unpaired) electrons. The molecule has 0 aromatic carbocycles. The molecule has 1 aliphatic rings. The smallest absolute Gasteiger partial charge is 0.388 e. The molecule has 0 N–H and O–H groups in total. The Morgan fingerprint density at radius 1 is 1.55 bits per heavy atom. The first-order chi connectivity index (χ1) is 5.11. The molecule has 1 unspecified atom stereocenters. The molecule has 60 valence electrons. The number of halogens is 2. The van der Waals surface area contributed by atoms with Crippen molar-refractivity contribution in [3.05, 3.63) is 23.9 Å². The number of hydrogen-bond acceptors (Lipinski definition) is 1. The number of nitrogens with zero attached hydrogens (tertiary/aromatic N) is 1. The van der Waals surface area contributed by atoms with Gasteiger partial charge in [0, 0.05) is 6.04 Å². The summed E-state index contributed by atoms with van der Waals surface area (Å²) in [7, 11) is 0. The van der Waals surface area contributed by atoms with E-state index in [1.165, 1.54) is 5.57 Å². The highest BCUT2D eigenvalue weighted by atomic mass is 35.5. The van der Waals surface area contributed by atoms with Crippen LogP contribution in [0, 0.1) is 0 Å². The van der Waals surface area contributed by atoms with Gasteiger partial charge in [0.1, 0.15) is 0 Å². The van der Waals surface area contributed by atoms with Crippen LogP contribution in [0.3, 0.4) is 0 Å². The molecule has 0 fully saturated rings. The van der Waals surface area contributed by atoms with Gasteiger partial charge in [-0.3, -0.25) is 0 Å². The first kappa shape index (κ1) is 9.02. The van der Waals surface area contributed by atoms with Crippen LogP contribution < -0.4 is 0 Å². The van der Waals surface area contributed by atoms with Crippen LogP contribution in [0.25, 0.3) is 0 Å². The Balaban J connectivity index is 2.69. The minimum absolute atomic E-state index is 0.292. The molecule has 0 aromatic heterocycles. The molecule has 0 spiro atoms. The van der Waals surface area contributed by atoms with Gasteiger partial charge in [-0.25, -0.2) is 0 Å². The quantitative estimate of drug-likeness (QED) is 0.574. The van der Waals surface area contributed by atoms with Gasteiger partial charge in [-0.05, 0) is 26.1 Å². The summed E-state index contributed by atoms with van der Waals surface area (Å²) in [5, 5.41) is 0. The van der Waals surface area contributed by atoms with Crippen LogP contribution >= 0.6 is 22.9 Å². The molecule has 0 aromatic rings. The summed E-state index contributed by atoms with van der Waals surface area (Å²) in [6, 6.07) is 0.292. The zero-order valence-electron chi connectivity index (χ0n) is 6.59. The largest absolute Gasteiger partial charge is 0.467 e. The molecule has 4 heteroatoms. The summed E-state index contributed by atoms with van der Waals surface area (Å²) >= 11 is 11.4. The second-order valence-corrected chi connectivity index (χ2v) is 3.74. The highest BCUT2D eigenvalue weighted by Gasteiger charge is 2.20. The van der Waals surface area contributed by atoms with E-state index in [0.29, 0.717) is 6.04 Å². The van der Waals surface area contributed by atoms with Crippen molar-refractivity contribution in [3.63, 3.8) is 0 Å². The minimum atomic E-state index is -0.453. The van der Waals surface area contributed by atoms with E-state index in [-0.39, 0.29) is 0 Å². The van der Waals surface area contributed by atoms with E-state index in [1.54, 1.807) is 0 Å². The van der Waals surface area contributed by atoms with Crippen LogP contribution in [0.1, 0.15) is 13.8 Å². The third-order valence-electron chi connectivity index (χ3n) is 1.71. The van der Waals surface area contributed by atoms with Crippen molar-refractivity contribution in [2.24, 2.45) is 0 Å². The van der Waals surface area contributed by atoms with Gasteiger partial charge < -0.3 is 4.81 Å². The van der Waals surface area contributed by atoms with E-state index in [4.69, 9.17) is 22.9 Å². The van der Waals surface area contributed by atoms with E-state index in [9.17, 15) is 0 Å². The maximum Gasteiger partial charge on any atom is 0.467 e. The number of rotatable bonds is 1. The van der Waals surface area contributed by atoms with Crippen molar-refractivity contribution >= 4 is 28.6 Å². The Morgan fingerprint density at radius 2 is 2.18 bits per heavy atom. The van der Waals surface area contributed by atoms with Crippen LogP contribution in [0.4, 0.5) is 0 Å². The molecule has 1 rings (SSSR count). The Kier molecular flexibility index (Phi) is 2.91. The topological polar surface area (TPSA) is 3.24 Å². The lowest BCUT2D eigenvalue weighted by Crippen LogP contribution is -2.34. The van der Waals surface area contributed by atoms with Gasteiger partial charge in [0.05, 0.1) is 0 Å². The summed E-state index contributed by atoms with van der Waals surface area (Å²) in [6.07, 6.45) is 6.04. The van der Waals surface area contributed by atoms with Crippen molar-refractivity contribution in [1.29, 1.82) is 0 Å². The lowest BCUT2D eigenvalue weighted by Gasteiger charge is -2.28. The molecule has 0 amide bonds. The zero-order chi connectivity index (χ0) is 8.43. The summed E-state index contributed by atoms with van der Waals surface area (Å²) in [6.45, 7) is 4.12. The van der Waals surface area contributed by atoms with Crippen molar-refractivity contribution in [3.8, 4) is 0 Å². The molecule has 1 nitrogen and oxygen atoms in total. The van der Waals surface area contributed by atoms with Gasteiger partial charge in [0.2, 0.25) is 0 Å². The van der Waals surface area contributed by atoms with Crippen molar-refractivity contribution in [2.45, 2.75) is 19.9 Å². The first-order valence-electron chi connectivity index (χ1n) is 3.53. The summed E-state index contributed by atoms with van der Waals surface area (Å²) in [5.74, 6) is 0. The molecule has 1 atom stereocenters. The normalized spacial score (nSPS) is 23.5. The highest BCUT2D eigenvalue weighted by molar-refractivity contribution is 7.32. The van der Waals surface area contributed by atoms with Crippen LogP contribution in [-0.2, 0) is 0 Å². The van der Waals surface area contributed by atoms with Crippen molar-refractivity contribution in [2.75, 3.05) is 0 Å². The van der Waals surface area contributed by atoms with Gasteiger partial charge in [-0.1, -0.05) is 11.6 Å². The number of allylic oxidation sites excluding steroid dienone is 2. The minimum Gasteiger partial charge on any atom is -0.388 e. The zero-order valence-corrected chi connectivity index (χ0v) is 8.10. The third-order valence-corrected chi connectivity index (χ3v) is 2.16. The lowest BCUT2D eigenvalue weighted by atomic mass is 10.1. The van der Waals surface area contributed by atoms with Crippen molar-refractivity contribution < 1.29 is 0 Å². The third kappa shape index (κ3) is 2.18. The maximum absolute atomic E-state index is 5.71. The summed E-state index contributed by atoms with van der Waals surface area (Å²) < 4.78 is 0. The van der Waals surface area contributed by atoms with E-state index >= 15 is 0 Å². The Labute approximate surface area is 77.6 Å². The predicted octanol–water partition coefficient (Wildman–Crippen LogP) is 2.61. The predicted molar refractivity (Wildman–Crippen MR) is 51.7 cm³/mol. The summed E-state index contributed by atoms with van der Waals surface area (Å²) in [4.78, 5) is 1.89. The second-order valence-electron chi connectivity index (χ2n) is 2.69. The van der Waals surface area contributed by atoms with E-state index in [0.717, 1.165) is 0 Å². The lowest BCUT2D eigenvalue weighted by molar-refractivity contribution is 0.519. The second kappa shape index (κ2) is 3.55. The fraction of sp³-hybridized carbons (Fsp3) is 0.429. The fourth-order valence-corrected chi connectivity index (χ4v) is 1.59. The molecule has 0 aliphatic carbocycles. The first-order valence-corrected chi connectivity index (χ1v) is 4.41. The SMILES string of the molecule is CC1=CC(C)N(B(Cl)Cl)C=C1. The molecule has 0 saturated heterocycles. The van der Waals surface area contributed by atoms with Gasteiger partial charge in [0.15, 0.2) is 0 Å². The average molecular weight is 190 g/mol. The molecule has 0 bridgehead atoms. The fourth-order valence-electron chi connectivity index (χ4n) is 1.10. The van der Waals surface area contributed by atoms with Gasteiger partial charge in [-0.2, -0.15) is 0 Å².